The highest BCUT2D eigenvalue weighted by Gasteiger charge is 2.48. The first-order valence-corrected chi connectivity index (χ1v) is 6.50. The largest absolute Gasteiger partial charge is 0.464 e. The molecule has 0 saturated heterocycles. The summed E-state index contributed by atoms with van der Waals surface area (Å²) in [5, 5.41) is 1.99. The quantitative estimate of drug-likeness (QED) is 0.615. The summed E-state index contributed by atoms with van der Waals surface area (Å²) in [6.45, 7) is 4.36. The van der Waals surface area contributed by atoms with Crippen LogP contribution in [0.2, 0.25) is 0 Å². The molecular formula is C16H14O3. The van der Waals surface area contributed by atoms with Crippen molar-refractivity contribution in [3.8, 4) is 0 Å². The van der Waals surface area contributed by atoms with E-state index < -0.39 is 0 Å². The number of rotatable bonds is 1. The Balaban J connectivity index is 1.99. The van der Waals surface area contributed by atoms with Gasteiger partial charge in [0.25, 0.3) is 0 Å². The van der Waals surface area contributed by atoms with Crippen LogP contribution >= 0.6 is 0 Å². The molecule has 0 bridgehead atoms. The van der Waals surface area contributed by atoms with Gasteiger partial charge in [-0.3, -0.25) is 0 Å². The lowest BCUT2D eigenvalue weighted by molar-refractivity contribution is 0.537. The average molecular weight is 254 g/mol. The van der Waals surface area contributed by atoms with Crippen molar-refractivity contribution < 1.29 is 8.83 Å². The number of furan rings is 1. The Morgan fingerprint density at radius 2 is 1.95 bits per heavy atom. The molecular weight excluding hydrogens is 240 g/mol. The summed E-state index contributed by atoms with van der Waals surface area (Å²) in [7, 11) is 0. The highest BCUT2D eigenvalue weighted by molar-refractivity contribution is 5.93. The molecule has 0 spiro atoms. The van der Waals surface area contributed by atoms with E-state index in [4.69, 9.17) is 8.83 Å². The first-order chi connectivity index (χ1) is 9.04. The van der Waals surface area contributed by atoms with Crippen molar-refractivity contribution in [1.82, 2.24) is 0 Å². The topological polar surface area (TPSA) is 43.4 Å². The molecule has 0 aliphatic heterocycles. The van der Waals surface area contributed by atoms with E-state index in [1.165, 1.54) is 0 Å². The predicted octanol–water partition coefficient (Wildman–Crippen LogP) is 4.05. The second kappa shape index (κ2) is 3.29. The van der Waals surface area contributed by atoms with Gasteiger partial charge in [-0.05, 0) is 36.0 Å². The van der Waals surface area contributed by atoms with E-state index in [-0.39, 0.29) is 11.0 Å². The van der Waals surface area contributed by atoms with Crippen LogP contribution in [0, 0.1) is 5.41 Å². The number of benzene rings is 1. The Bertz CT molecular complexity index is 851. The fourth-order valence-corrected chi connectivity index (χ4v) is 2.84. The van der Waals surface area contributed by atoms with Crippen LogP contribution in [0.4, 0.5) is 0 Å². The van der Waals surface area contributed by atoms with Crippen LogP contribution in [0.3, 0.4) is 0 Å². The van der Waals surface area contributed by atoms with Crippen molar-refractivity contribution in [2.75, 3.05) is 0 Å². The van der Waals surface area contributed by atoms with E-state index >= 15 is 0 Å². The van der Waals surface area contributed by atoms with Gasteiger partial charge in [-0.25, -0.2) is 4.79 Å². The smallest absolute Gasteiger partial charge is 0.339 e. The summed E-state index contributed by atoms with van der Waals surface area (Å²) in [4.78, 5) is 12.1. The molecule has 1 atom stereocenters. The van der Waals surface area contributed by atoms with Gasteiger partial charge in [0.1, 0.15) is 11.2 Å². The van der Waals surface area contributed by atoms with Crippen LogP contribution in [0.1, 0.15) is 31.7 Å². The third kappa shape index (κ3) is 1.54. The monoisotopic (exact) mass is 254 g/mol. The maximum Gasteiger partial charge on any atom is 0.339 e. The van der Waals surface area contributed by atoms with Gasteiger partial charge >= 0.3 is 5.63 Å². The van der Waals surface area contributed by atoms with Gasteiger partial charge in [0.15, 0.2) is 0 Å². The molecule has 2 heterocycles. The van der Waals surface area contributed by atoms with E-state index in [9.17, 15) is 4.79 Å². The van der Waals surface area contributed by atoms with E-state index in [0.717, 1.165) is 28.3 Å². The zero-order valence-corrected chi connectivity index (χ0v) is 10.9. The third-order valence-corrected chi connectivity index (χ3v) is 4.22. The van der Waals surface area contributed by atoms with Crippen molar-refractivity contribution in [2.24, 2.45) is 5.41 Å². The molecule has 4 rings (SSSR count). The highest BCUT2D eigenvalue weighted by atomic mass is 16.4. The van der Waals surface area contributed by atoms with Crippen LogP contribution in [0.15, 0.2) is 44.2 Å². The van der Waals surface area contributed by atoms with E-state index in [1.807, 2.05) is 18.2 Å². The summed E-state index contributed by atoms with van der Waals surface area (Å²) in [5.41, 5.74) is 2.15. The lowest BCUT2D eigenvalue weighted by Gasteiger charge is -2.04. The minimum Gasteiger partial charge on any atom is -0.464 e. The van der Waals surface area contributed by atoms with Crippen molar-refractivity contribution in [3.05, 3.63) is 46.5 Å². The normalized spacial score (nSPS) is 21.1. The van der Waals surface area contributed by atoms with Gasteiger partial charge in [0.2, 0.25) is 0 Å². The van der Waals surface area contributed by atoms with Crippen LogP contribution in [-0.4, -0.2) is 0 Å². The molecule has 3 nitrogen and oxygen atoms in total. The fraction of sp³-hybridized carbons (Fsp3) is 0.312. The molecule has 1 aliphatic carbocycles. The molecule has 1 saturated carbocycles. The van der Waals surface area contributed by atoms with Gasteiger partial charge in [-0.15, -0.1) is 0 Å². The molecule has 19 heavy (non-hydrogen) atoms. The molecule has 0 N–H and O–H groups in total. The fourth-order valence-electron chi connectivity index (χ4n) is 2.84. The maximum absolute atomic E-state index is 12.1. The van der Waals surface area contributed by atoms with Crippen LogP contribution in [0.5, 0.6) is 0 Å². The highest BCUT2D eigenvalue weighted by Crippen LogP contribution is 2.57. The molecule has 1 aliphatic rings. The summed E-state index contributed by atoms with van der Waals surface area (Å²) in [6.07, 6.45) is 2.70. The Morgan fingerprint density at radius 1 is 1.16 bits per heavy atom. The molecule has 0 radical (unpaired) electrons. The van der Waals surface area contributed by atoms with Gasteiger partial charge in [0.05, 0.1) is 6.26 Å². The first kappa shape index (κ1) is 10.9. The van der Waals surface area contributed by atoms with Crippen LogP contribution in [-0.2, 0) is 0 Å². The molecule has 0 amide bonds. The minimum atomic E-state index is -0.214. The standard InChI is InChI=1S/C16H14O3/c1-16(2)8-12(16)11-6-10-5-9-3-4-18-13(9)7-14(10)19-15(11)17/h3-7,12H,8H2,1-2H3. The Kier molecular flexibility index (Phi) is 1.88. The first-order valence-electron chi connectivity index (χ1n) is 6.50. The Morgan fingerprint density at radius 3 is 2.68 bits per heavy atom. The van der Waals surface area contributed by atoms with Crippen LogP contribution in [0.25, 0.3) is 21.9 Å². The van der Waals surface area contributed by atoms with Crippen molar-refractivity contribution >= 4 is 21.9 Å². The summed E-state index contributed by atoms with van der Waals surface area (Å²) >= 11 is 0. The maximum atomic E-state index is 12.1. The van der Waals surface area contributed by atoms with Crippen molar-refractivity contribution in [1.29, 1.82) is 0 Å². The van der Waals surface area contributed by atoms with E-state index in [2.05, 4.69) is 13.8 Å². The second-order valence-electron chi connectivity index (χ2n) is 6.08. The summed E-state index contributed by atoms with van der Waals surface area (Å²) in [6, 6.07) is 7.69. The van der Waals surface area contributed by atoms with Gasteiger partial charge in [-0.2, -0.15) is 0 Å². The van der Waals surface area contributed by atoms with Gasteiger partial charge in [-0.1, -0.05) is 13.8 Å². The second-order valence-corrected chi connectivity index (χ2v) is 6.08. The molecule has 1 unspecified atom stereocenters. The van der Waals surface area contributed by atoms with Crippen molar-refractivity contribution in [2.45, 2.75) is 26.2 Å². The predicted molar refractivity (Wildman–Crippen MR) is 73.4 cm³/mol. The molecule has 1 fully saturated rings. The lowest BCUT2D eigenvalue weighted by atomic mass is 10.0. The molecule has 96 valence electrons. The lowest BCUT2D eigenvalue weighted by Crippen LogP contribution is -2.07. The minimum absolute atomic E-state index is 0.214. The average Bonchev–Trinajstić information content (AvgIpc) is 2.79. The molecule has 2 aromatic heterocycles. The number of hydrogen-bond acceptors (Lipinski definition) is 3. The van der Waals surface area contributed by atoms with Crippen molar-refractivity contribution in [3.63, 3.8) is 0 Å². The molecule has 3 aromatic rings. The molecule has 1 aromatic carbocycles. The number of hydrogen-bond donors (Lipinski definition) is 0. The van der Waals surface area contributed by atoms with E-state index in [0.29, 0.717) is 11.5 Å². The SMILES string of the molecule is CC1(C)CC1c1cc2cc3ccoc3cc2oc1=O. The third-order valence-electron chi connectivity index (χ3n) is 4.22. The summed E-state index contributed by atoms with van der Waals surface area (Å²) < 4.78 is 10.8. The van der Waals surface area contributed by atoms with Gasteiger partial charge < -0.3 is 8.83 Å². The summed E-state index contributed by atoms with van der Waals surface area (Å²) in [5.74, 6) is 0.327. The Hall–Kier alpha value is -2.03. The van der Waals surface area contributed by atoms with E-state index in [1.54, 1.807) is 12.3 Å². The number of fused-ring (bicyclic) bond motifs is 2. The van der Waals surface area contributed by atoms with Crippen LogP contribution < -0.4 is 5.63 Å². The zero-order chi connectivity index (χ0) is 13.2. The Labute approximate surface area is 109 Å². The molecule has 3 heteroatoms. The van der Waals surface area contributed by atoms with Gasteiger partial charge in [0, 0.05) is 22.4 Å². The zero-order valence-electron chi connectivity index (χ0n) is 10.9.